The van der Waals surface area contributed by atoms with Gasteiger partial charge < -0.3 is 11.1 Å². The van der Waals surface area contributed by atoms with E-state index in [2.05, 4.69) is 17.2 Å². The standard InChI is InChI=1S/C10H17N3S.3ClH/c1-2-5-12-7-3-4-8-9(6-7)14-10(11)13-8;;;/h7,12H,2-6H2,1H3,(H2,11,13);3*1H/t7-;;;/m0.../s1. The maximum atomic E-state index is 5.69. The van der Waals surface area contributed by atoms with Crippen LogP contribution in [0.3, 0.4) is 0 Å². The number of halogens is 3. The van der Waals surface area contributed by atoms with Crippen molar-refractivity contribution in [1.29, 1.82) is 0 Å². The Kier molecular flexibility index (Phi) is 10.6. The largest absolute Gasteiger partial charge is 0.375 e. The van der Waals surface area contributed by atoms with E-state index in [9.17, 15) is 0 Å². The summed E-state index contributed by atoms with van der Waals surface area (Å²) in [6, 6.07) is 0.641. The van der Waals surface area contributed by atoms with Crippen LogP contribution in [-0.4, -0.2) is 17.6 Å². The molecule has 1 atom stereocenters. The first-order valence-corrected chi connectivity index (χ1v) is 6.08. The van der Waals surface area contributed by atoms with Gasteiger partial charge in [-0.15, -0.1) is 48.6 Å². The predicted molar refractivity (Wildman–Crippen MR) is 82.4 cm³/mol. The molecule has 1 aliphatic rings. The Balaban J connectivity index is 0. The first-order valence-electron chi connectivity index (χ1n) is 5.27. The van der Waals surface area contributed by atoms with E-state index in [1.807, 2.05) is 0 Å². The Morgan fingerprint density at radius 1 is 1.41 bits per heavy atom. The summed E-state index contributed by atoms with van der Waals surface area (Å²) in [5.41, 5.74) is 6.93. The monoisotopic (exact) mass is 319 g/mol. The molecule has 2 rings (SSSR count). The summed E-state index contributed by atoms with van der Waals surface area (Å²) in [5, 5.41) is 4.29. The number of rotatable bonds is 3. The summed E-state index contributed by atoms with van der Waals surface area (Å²) >= 11 is 1.65. The van der Waals surface area contributed by atoms with E-state index in [4.69, 9.17) is 5.73 Å². The van der Waals surface area contributed by atoms with E-state index in [1.54, 1.807) is 11.3 Å². The summed E-state index contributed by atoms with van der Waals surface area (Å²) in [7, 11) is 0. The van der Waals surface area contributed by atoms with Crippen LogP contribution in [0.5, 0.6) is 0 Å². The molecule has 0 saturated carbocycles. The van der Waals surface area contributed by atoms with Crippen molar-refractivity contribution in [2.45, 2.75) is 38.6 Å². The van der Waals surface area contributed by atoms with Gasteiger partial charge in [-0.3, -0.25) is 0 Å². The number of aromatic nitrogens is 1. The summed E-state index contributed by atoms with van der Waals surface area (Å²) in [4.78, 5) is 5.73. The fourth-order valence-electron chi connectivity index (χ4n) is 1.92. The van der Waals surface area contributed by atoms with E-state index < -0.39 is 0 Å². The van der Waals surface area contributed by atoms with Gasteiger partial charge in [0.1, 0.15) is 0 Å². The minimum atomic E-state index is 0. The zero-order valence-electron chi connectivity index (χ0n) is 9.77. The SMILES string of the molecule is CCCN[C@H]1CCc2nc(N)sc2C1.Cl.Cl.Cl. The third-order valence-electron chi connectivity index (χ3n) is 2.64. The van der Waals surface area contributed by atoms with E-state index in [1.165, 1.54) is 23.4 Å². The van der Waals surface area contributed by atoms with Crippen LogP contribution in [0.15, 0.2) is 0 Å². The molecule has 0 aliphatic heterocycles. The van der Waals surface area contributed by atoms with E-state index in [-0.39, 0.29) is 37.2 Å². The highest BCUT2D eigenvalue weighted by Crippen LogP contribution is 2.27. The molecule has 17 heavy (non-hydrogen) atoms. The highest BCUT2D eigenvalue weighted by Gasteiger charge is 2.21. The molecule has 1 aromatic heterocycles. The maximum absolute atomic E-state index is 5.69. The van der Waals surface area contributed by atoms with Crippen LogP contribution in [0.25, 0.3) is 0 Å². The average molecular weight is 321 g/mol. The molecule has 0 fully saturated rings. The number of thiazole rings is 1. The fourth-order valence-corrected chi connectivity index (χ4v) is 2.88. The third-order valence-corrected chi connectivity index (χ3v) is 3.59. The van der Waals surface area contributed by atoms with Gasteiger partial charge >= 0.3 is 0 Å². The molecule has 0 spiro atoms. The minimum Gasteiger partial charge on any atom is -0.375 e. The normalized spacial score (nSPS) is 17.1. The minimum absolute atomic E-state index is 0. The van der Waals surface area contributed by atoms with E-state index >= 15 is 0 Å². The van der Waals surface area contributed by atoms with Crippen molar-refractivity contribution in [3.63, 3.8) is 0 Å². The highest BCUT2D eigenvalue weighted by molar-refractivity contribution is 7.15. The van der Waals surface area contributed by atoms with Crippen LogP contribution >= 0.6 is 48.6 Å². The van der Waals surface area contributed by atoms with Crippen LogP contribution in [0.1, 0.15) is 30.3 Å². The molecule has 3 nitrogen and oxygen atoms in total. The van der Waals surface area contributed by atoms with Crippen molar-refractivity contribution < 1.29 is 0 Å². The predicted octanol–water partition coefficient (Wildman–Crippen LogP) is 2.85. The second-order valence-corrected chi connectivity index (χ2v) is 4.93. The van der Waals surface area contributed by atoms with Crippen LogP contribution in [0, 0.1) is 0 Å². The smallest absolute Gasteiger partial charge is 0.180 e. The number of nitrogens with two attached hydrogens (primary N) is 1. The fraction of sp³-hybridized carbons (Fsp3) is 0.700. The molecular formula is C10H20Cl3N3S. The van der Waals surface area contributed by atoms with E-state index in [0.717, 1.165) is 24.5 Å². The van der Waals surface area contributed by atoms with Crippen molar-refractivity contribution >= 4 is 53.7 Å². The van der Waals surface area contributed by atoms with Gasteiger partial charge in [0.05, 0.1) is 5.69 Å². The number of hydrogen-bond acceptors (Lipinski definition) is 4. The zero-order valence-corrected chi connectivity index (χ0v) is 13.0. The number of hydrogen-bond donors (Lipinski definition) is 2. The molecule has 3 N–H and O–H groups in total. The summed E-state index contributed by atoms with van der Waals surface area (Å²) in [6.07, 6.45) is 4.61. The highest BCUT2D eigenvalue weighted by atomic mass is 35.5. The first kappa shape index (κ1) is 19.6. The van der Waals surface area contributed by atoms with Gasteiger partial charge in [-0.05, 0) is 32.2 Å². The first-order chi connectivity index (χ1) is 6.79. The Morgan fingerprint density at radius 2 is 2.12 bits per heavy atom. The zero-order chi connectivity index (χ0) is 9.97. The molecule has 0 unspecified atom stereocenters. The van der Waals surface area contributed by atoms with Gasteiger partial charge in [-0.1, -0.05) is 6.92 Å². The van der Waals surface area contributed by atoms with Gasteiger partial charge in [-0.2, -0.15) is 0 Å². The topological polar surface area (TPSA) is 50.9 Å². The molecule has 0 saturated heterocycles. The molecule has 0 aromatic carbocycles. The second-order valence-electron chi connectivity index (χ2n) is 3.82. The maximum Gasteiger partial charge on any atom is 0.180 e. The molecule has 1 aromatic rings. The molecule has 102 valence electrons. The van der Waals surface area contributed by atoms with Crippen molar-refractivity contribution in [2.24, 2.45) is 0 Å². The van der Waals surface area contributed by atoms with Gasteiger partial charge in [-0.25, -0.2) is 4.98 Å². The van der Waals surface area contributed by atoms with Gasteiger partial charge in [0.2, 0.25) is 0 Å². The number of fused-ring (bicyclic) bond motifs is 1. The van der Waals surface area contributed by atoms with Crippen molar-refractivity contribution in [3.8, 4) is 0 Å². The van der Waals surface area contributed by atoms with Crippen LogP contribution < -0.4 is 11.1 Å². The Morgan fingerprint density at radius 3 is 2.76 bits per heavy atom. The van der Waals surface area contributed by atoms with Gasteiger partial charge in [0.15, 0.2) is 5.13 Å². The van der Waals surface area contributed by atoms with Crippen molar-refractivity contribution in [3.05, 3.63) is 10.6 Å². The number of nitrogens with zero attached hydrogens (tertiary/aromatic N) is 1. The van der Waals surface area contributed by atoms with Crippen LogP contribution in [0.2, 0.25) is 0 Å². The number of anilines is 1. The molecular weight excluding hydrogens is 301 g/mol. The lowest BCUT2D eigenvalue weighted by Gasteiger charge is -2.21. The molecule has 1 aliphatic carbocycles. The Hall–Kier alpha value is 0.260. The number of aryl methyl sites for hydroxylation is 1. The molecule has 7 heteroatoms. The summed E-state index contributed by atoms with van der Waals surface area (Å²) in [6.45, 7) is 3.32. The quantitative estimate of drug-likeness (QED) is 0.900. The number of nitrogens with one attached hydrogen (secondary N) is 1. The van der Waals surface area contributed by atoms with Crippen LogP contribution in [0.4, 0.5) is 5.13 Å². The van der Waals surface area contributed by atoms with Gasteiger partial charge in [0, 0.05) is 10.9 Å². The van der Waals surface area contributed by atoms with Gasteiger partial charge in [0.25, 0.3) is 0 Å². The Bertz CT molecular complexity index is 320. The number of nitrogen functional groups attached to an aromatic ring is 1. The second kappa shape index (κ2) is 9.22. The molecule has 0 bridgehead atoms. The lowest BCUT2D eigenvalue weighted by molar-refractivity contribution is 0.460. The van der Waals surface area contributed by atoms with Crippen LogP contribution in [-0.2, 0) is 12.8 Å². The van der Waals surface area contributed by atoms with Crippen molar-refractivity contribution in [2.75, 3.05) is 12.3 Å². The lowest BCUT2D eigenvalue weighted by atomic mass is 9.98. The third kappa shape index (κ3) is 5.18. The molecule has 0 amide bonds. The molecule has 1 heterocycles. The average Bonchev–Trinajstić information content (AvgIpc) is 2.54. The molecule has 0 radical (unpaired) electrons. The summed E-state index contributed by atoms with van der Waals surface area (Å²) in [5.74, 6) is 0. The summed E-state index contributed by atoms with van der Waals surface area (Å²) < 4.78 is 0. The van der Waals surface area contributed by atoms with Crippen molar-refractivity contribution in [1.82, 2.24) is 10.3 Å². The lowest BCUT2D eigenvalue weighted by Crippen LogP contribution is -2.34. The van der Waals surface area contributed by atoms with E-state index in [0.29, 0.717) is 6.04 Å². The Labute approximate surface area is 125 Å².